The Bertz CT molecular complexity index is 194. The van der Waals surface area contributed by atoms with E-state index < -0.39 is 7.52 Å². The van der Waals surface area contributed by atoms with Crippen LogP contribution in [0.25, 0.3) is 0 Å². The van der Waals surface area contributed by atoms with Crippen molar-refractivity contribution in [1.29, 1.82) is 1.34 Å². The highest BCUT2D eigenvalue weighted by molar-refractivity contribution is 6.31. The fraction of sp³-hybridized carbons (Fsp3) is 1.00. The molecule has 4 saturated carbocycles. The number of rotatable bonds is 1. The summed E-state index contributed by atoms with van der Waals surface area (Å²) in [5.74, 6) is 2.32. The molecule has 0 heterocycles. The second-order valence-corrected chi connectivity index (χ2v) is 5.39. The van der Waals surface area contributed by atoms with Gasteiger partial charge < -0.3 is 4.32 Å². The molecule has 0 spiro atoms. The molecule has 0 aliphatic heterocycles. The highest BCUT2D eigenvalue weighted by Crippen LogP contribution is 2.63. The van der Waals surface area contributed by atoms with Gasteiger partial charge in [-0.1, -0.05) is 0 Å². The van der Waals surface area contributed by atoms with Gasteiger partial charge in [-0.2, -0.15) is 0 Å². The predicted octanol–water partition coefficient (Wildman–Crippen LogP) is 2.70. The highest BCUT2D eigenvalue weighted by atomic mass is 19.1. The largest absolute Gasteiger partial charge is 0.341 e. The summed E-state index contributed by atoms with van der Waals surface area (Å²) < 4.78 is 20.7. The van der Waals surface area contributed by atoms with E-state index >= 15 is 0 Å². The van der Waals surface area contributed by atoms with Gasteiger partial charge in [0, 0.05) is 1.34 Å². The molecule has 0 aromatic rings. The van der Waals surface area contributed by atoms with E-state index in [0.29, 0.717) is 0 Å². The standard InChI is InChI=1S/C10H16BF/c12-11-10-4-7-1-8(5-10)3-9(2-7)6-10/h7-9,11H,1-6H2/i11T. The summed E-state index contributed by atoms with van der Waals surface area (Å²) >= 11 is 0. The first-order chi connectivity index (χ1) is 6.18. The van der Waals surface area contributed by atoms with E-state index in [-0.39, 0.29) is 5.31 Å². The number of hydrogen-bond acceptors (Lipinski definition) is 0. The molecule has 0 amide bonds. The summed E-state index contributed by atoms with van der Waals surface area (Å²) in [6, 6.07) is 0. The third-order valence-electron chi connectivity index (χ3n) is 4.32. The molecule has 4 bridgehead atoms. The van der Waals surface area contributed by atoms with Crippen molar-refractivity contribution in [2.24, 2.45) is 17.8 Å². The molecule has 0 aromatic carbocycles. The van der Waals surface area contributed by atoms with Crippen LogP contribution in [0.2, 0.25) is 5.31 Å². The molecule has 0 radical (unpaired) electrons. The Morgan fingerprint density at radius 1 is 1.08 bits per heavy atom. The Morgan fingerprint density at radius 3 is 1.83 bits per heavy atom. The first kappa shape index (κ1) is 6.45. The summed E-state index contributed by atoms with van der Waals surface area (Å²) in [5.41, 5.74) is 0. The van der Waals surface area contributed by atoms with Crippen LogP contribution in [0.4, 0.5) is 4.32 Å². The van der Waals surface area contributed by atoms with Crippen LogP contribution in [0.3, 0.4) is 0 Å². The second-order valence-electron chi connectivity index (χ2n) is 5.39. The van der Waals surface area contributed by atoms with Gasteiger partial charge in [0.15, 0.2) is 0 Å². The molecular weight excluding hydrogens is 150 g/mol. The average molecular weight is 168 g/mol. The van der Waals surface area contributed by atoms with E-state index in [1.54, 1.807) is 0 Å². The molecule has 0 saturated heterocycles. The third-order valence-corrected chi connectivity index (χ3v) is 4.32. The van der Waals surface area contributed by atoms with E-state index in [1.807, 2.05) is 0 Å². The zero-order valence-electron chi connectivity index (χ0n) is 8.43. The number of halogens is 1. The molecule has 4 aliphatic carbocycles. The Kier molecular flexibility index (Phi) is 1.22. The molecular formula is C10H16BF. The minimum Gasteiger partial charge on any atom is -0.341 e. The van der Waals surface area contributed by atoms with Gasteiger partial charge in [0.25, 0.3) is 0 Å². The van der Waals surface area contributed by atoms with Gasteiger partial charge in [-0.25, -0.2) is 0 Å². The van der Waals surface area contributed by atoms with Crippen LogP contribution in [-0.4, -0.2) is 8.86 Å². The van der Waals surface area contributed by atoms with Gasteiger partial charge >= 0.3 is 7.52 Å². The topological polar surface area (TPSA) is 0 Å². The lowest BCUT2D eigenvalue weighted by Crippen LogP contribution is -2.43. The maximum absolute atomic E-state index is 13.3. The SMILES string of the molecule is [3H]B(F)C12CC3CC(CC(C3)C1)C2. The molecule has 12 heavy (non-hydrogen) atoms. The van der Waals surface area contributed by atoms with E-state index in [4.69, 9.17) is 1.34 Å². The summed E-state index contributed by atoms with van der Waals surface area (Å²) in [6.45, 7) is 0. The van der Waals surface area contributed by atoms with Gasteiger partial charge in [-0.05, 0) is 61.6 Å². The fourth-order valence-electron chi connectivity index (χ4n) is 4.31. The van der Waals surface area contributed by atoms with Crippen LogP contribution in [0, 0.1) is 17.8 Å². The molecule has 0 aromatic heterocycles. The van der Waals surface area contributed by atoms with Crippen LogP contribution in [0.1, 0.15) is 38.5 Å². The lowest BCUT2D eigenvalue weighted by atomic mass is 9.42. The second kappa shape index (κ2) is 2.27. The first-order valence-electron chi connectivity index (χ1n) is 5.82. The van der Waals surface area contributed by atoms with Crippen molar-refractivity contribution in [3.8, 4) is 0 Å². The summed E-state index contributed by atoms with van der Waals surface area (Å²) in [7, 11) is -1.30. The Hall–Kier alpha value is -0.00506. The average Bonchev–Trinajstić information content (AvgIpc) is 2.00. The van der Waals surface area contributed by atoms with Crippen LogP contribution >= 0.6 is 0 Å². The molecule has 4 fully saturated rings. The molecule has 4 aliphatic rings. The van der Waals surface area contributed by atoms with E-state index in [0.717, 1.165) is 37.0 Å². The lowest BCUT2D eigenvalue weighted by molar-refractivity contribution is 0.0263. The van der Waals surface area contributed by atoms with Crippen LogP contribution in [-0.2, 0) is 0 Å². The highest BCUT2D eigenvalue weighted by Gasteiger charge is 2.51. The third kappa shape index (κ3) is 0.899. The summed E-state index contributed by atoms with van der Waals surface area (Å²) in [6.07, 6.45) is 7.07. The van der Waals surface area contributed by atoms with Crippen molar-refractivity contribution in [2.45, 2.75) is 43.8 Å². The maximum Gasteiger partial charge on any atom is 0.337 e. The van der Waals surface area contributed by atoms with Gasteiger partial charge in [0.1, 0.15) is 0 Å². The van der Waals surface area contributed by atoms with Crippen molar-refractivity contribution in [2.75, 3.05) is 0 Å². The van der Waals surface area contributed by atoms with Gasteiger partial charge in [-0.3, -0.25) is 0 Å². The number of hydrogen-bond donors (Lipinski definition) is 0. The zero-order valence-corrected chi connectivity index (χ0v) is 7.43. The molecule has 2 heteroatoms. The summed E-state index contributed by atoms with van der Waals surface area (Å²) in [4.78, 5) is 0. The van der Waals surface area contributed by atoms with E-state index in [1.165, 1.54) is 19.3 Å². The molecule has 0 atom stereocenters. The van der Waals surface area contributed by atoms with Gasteiger partial charge in [0.05, 0.1) is 0 Å². The quantitative estimate of drug-likeness (QED) is 0.528. The van der Waals surface area contributed by atoms with Crippen molar-refractivity contribution >= 4 is 7.52 Å². The van der Waals surface area contributed by atoms with Crippen LogP contribution < -0.4 is 0 Å². The van der Waals surface area contributed by atoms with Crippen molar-refractivity contribution in [3.05, 3.63) is 0 Å². The van der Waals surface area contributed by atoms with Crippen LogP contribution in [0.15, 0.2) is 0 Å². The molecule has 66 valence electrons. The predicted molar refractivity (Wildman–Crippen MR) is 49.1 cm³/mol. The fourth-order valence-corrected chi connectivity index (χ4v) is 4.31. The monoisotopic (exact) mass is 168 g/mol. The van der Waals surface area contributed by atoms with Gasteiger partial charge in [0.2, 0.25) is 0 Å². The maximum atomic E-state index is 13.3. The molecule has 0 N–H and O–H groups in total. The molecule has 4 rings (SSSR count). The zero-order chi connectivity index (χ0) is 9.05. The first-order valence-corrected chi connectivity index (χ1v) is 5.24. The minimum absolute atomic E-state index is 0.200. The molecule has 0 unspecified atom stereocenters. The normalized spacial score (nSPS) is 57.1. The Labute approximate surface area is 75.6 Å². The minimum atomic E-state index is -1.30. The Balaban J connectivity index is 1.91. The molecule has 0 nitrogen and oxygen atoms in total. The van der Waals surface area contributed by atoms with E-state index in [2.05, 4.69) is 0 Å². The summed E-state index contributed by atoms with van der Waals surface area (Å²) in [5, 5.41) is -0.200. The smallest absolute Gasteiger partial charge is 0.337 e. The van der Waals surface area contributed by atoms with Crippen LogP contribution in [0.5, 0.6) is 0 Å². The van der Waals surface area contributed by atoms with E-state index in [9.17, 15) is 4.32 Å². The lowest BCUT2D eigenvalue weighted by Gasteiger charge is -2.55. The van der Waals surface area contributed by atoms with Crippen molar-refractivity contribution in [1.82, 2.24) is 0 Å². The van der Waals surface area contributed by atoms with Crippen molar-refractivity contribution < 1.29 is 4.32 Å². The van der Waals surface area contributed by atoms with Gasteiger partial charge in [-0.15, -0.1) is 0 Å². The Morgan fingerprint density at radius 2 is 1.50 bits per heavy atom. The van der Waals surface area contributed by atoms with Crippen molar-refractivity contribution in [3.63, 3.8) is 0 Å².